The second kappa shape index (κ2) is 6.45. The molecule has 20 heavy (non-hydrogen) atoms. The van der Waals surface area contributed by atoms with Crippen molar-refractivity contribution in [3.05, 3.63) is 57.3 Å². The Morgan fingerprint density at radius 3 is 2.40 bits per heavy atom. The topological polar surface area (TPSA) is 63.6 Å². The smallest absolute Gasteiger partial charge is 0.338 e. The van der Waals surface area contributed by atoms with Crippen molar-refractivity contribution < 1.29 is 19.4 Å². The number of carbonyl (C=O) groups excluding carboxylic acids is 2. The van der Waals surface area contributed by atoms with Gasteiger partial charge in [-0.3, -0.25) is 4.79 Å². The van der Waals surface area contributed by atoms with Gasteiger partial charge < -0.3 is 9.84 Å². The van der Waals surface area contributed by atoms with Crippen molar-refractivity contribution in [1.29, 1.82) is 0 Å². The fourth-order valence-corrected chi connectivity index (χ4v) is 2.41. The quantitative estimate of drug-likeness (QED) is 0.679. The Hall–Kier alpha value is -1.98. The summed E-state index contributed by atoms with van der Waals surface area (Å²) in [6, 6.07) is 9.99. The van der Waals surface area contributed by atoms with Gasteiger partial charge in [-0.25, -0.2) is 4.79 Å². The Labute approximate surface area is 120 Å². The lowest BCUT2D eigenvalue weighted by Crippen LogP contribution is -2.13. The number of aliphatic hydroxyl groups excluding tert-OH is 1. The van der Waals surface area contributed by atoms with Crippen LogP contribution in [0.15, 0.2) is 36.4 Å². The maximum Gasteiger partial charge on any atom is 0.338 e. The molecule has 0 unspecified atom stereocenters. The van der Waals surface area contributed by atoms with E-state index in [9.17, 15) is 9.59 Å². The maximum absolute atomic E-state index is 11.8. The second-order valence-corrected chi connectivity index (χ2v) is 5.55. The highest BCUT2D eigenvalue weighted by molar-refractivity contribution is 7.14. The Bertz CT molecular complexity index is 613. The van der Waals surface area contributed by atoms with Gasteiger partial charge in [-0.15, -0.1) is 11.3 Å². The van der Waals surface area contributed by atoms with E-state index in [2.05, 4.69) is 0 Å². The number of Topliss-reactive ketones (excluding diaryl/α,β-unsaturated/α-hetero) is 1. The number of benzene rings is 1. The fourth-order valence-electron chi connectivity index (χ4n) is 1.62. The molecule has 1 heterocycles. The van der Waals surface area contributed by atoms with Gasteiger partial charge in [0.2, 0.25) is 5.78 Å². The minimum Gasteiger partial charge on any atom is -0.454 e. The van der Waals surface area contributed by atoms with Crippen LogP contribution in [0.4, 0.5) is 0 Å². The molecule has 1 N–H and O–H groups in total. The predicted molar refractivity (Wildman–Crippen MR) is 76.0 cm³/mol. The molecule has 2 aromatic rings. The lowest BCUT2D eigenvalue weighted by molar-refractivity contribution is 0.0476. The van der Waals surface area contributed by atoms with Crippen LogP contribution in [0.3, 0.4) is 0 Å². The maximum atomic E-state index is 11.8. The van der Waals surface area contributed by atoms with Crippen LogP contribution in [-0.2, 0) is 11.3 Å². The number of ketones is 1. The van der Waals surface area contributed by atoms with Crippen LogP contribution >= 0.6 is 11.3 Å². The van der Waals surface area contributed by atoms with Crippen molar-refractivity contribution in [3.63, 3.8) is 0 Å². The van der Waals surface area contributed by atoms with Crippen LogP contribution in [0.2, 0.25) is 0 Å². The van der Waals surface area contributed by atoms with Gasteiger partial charge >= 0.3 is 5.97 Å². The van der Waals surface area contributed by atoms with Gasteiger partial charge in [0.15, 0.2) is 6.61 Å². The van der Waals surface area contributed by atoms with Crippen molar-refractivity contribution in [2.75, 3.05) is 6.61 Å². The summed E-state index contributed by atoms with van der Waals surface area (Å²) in [5, 5.41) is 8.91. The number of aliphatic hydroxyl groups is 1. The van der Waals surface area contributed by atoms with E-state index in [1.807, 2.05) is 13.0 Å². The zero-order valence-corrected chi connectivity index (χ0v) is 11.8. The number of ether oxygens (including phenoxy) is 1. The zero-order chi connectivity index (χ0) is 14.5. The summed E-state index contributed by atoms with van der Waals surface area (Å²) in [6.07, 6.45) is 0. The highest BCUT2D eigenvalue weighted by Gasteiger charge is 2.13. The van der Waals surface area contributed by atoms with Crippen LogP contribution in [0.1, 0.15) is 30.5 Å². The summed E-state index contributed by atoms with van der Waals surface area (Å²) in [4.78, 5) is 25.2. The van der Waals surface area contributed by atoms with E-state index in [1.165, 1.54) is 11.3 Å². The van der Waals surface area contributed by atoms with E-state index in [-0.39, 0.29) is 19.0 Å². The molecule has 5 heteroatoms. The Kier molecular flexibility index (Phi) is 4.65. The molecule has 0 saturated carbocycles. The first-order chi connectivity index (χ1) is 9.60. The van der Waals surface area contributed by atoms with Crippen LogP contribution in [-0.4, -0.2) is 23.5 Å². The van der Waals surface area contributed by atoms with Crippen molar-refractivity contribution >= 4 is 23.1 Å². The van der Waals surface area contributed by atoms with Gasteiger partial charge in [0, 0.05) is 4.88 Å². The van der Waals surface area contributed by atoms with Crippen LogP contribution < -0.4 is 0 Å². The molecule has 0 saturated heterocycles. The first kappa shape index (κ1) is 14.4. The largest absolute Gasteiger partial charge is 0.454 e. The molecule has 0 bridgehead atoms. The monoisotopic (exact) mass is 290 g/mol. The Morgan fingerprint density at radius 1 is 1.15 bits per heavy atom. The number of hydrogen-bond donors (Lipinski definition) is 1. The number of rotatable bonds is 5. The standard InChI is InChI=1S/C15H14O4S/c1-10-2-7-14(20-10)13(17)9-19-15(18)12-5-3-11(8-16)4-6-12/h2-7,16H,8-9H2,1H3. The average molecular weight is 290 g/mol. The average Bonchev–Trinajstić information content (AvgIpc) is 2.91. The Morgan fingerprint density at radius 2 is 1.85 bits per heavy atom. The summed E-state index contributed by atoms with van der Waals surface area (Å²) in [5.41, 5.74) is 1.07. The van der Waals surface area contributed by atoms with Crippen molar-refractivity contribution in [2.45, 2.75) is 13.5 Å². The summed E-state index contributed by atoms with van der Waals surface area (Å²) < 4.78 is 4.98. The molecule has 0 radical (unpaired) electrons. The van der Waals surface area contributed by atoms with Crippen LogP contribution in [0, 0.1) is 6.92 Å². The van der Waals surface area contributed by atoms with E-state index < -0.39 is 5.97 Å². The molecule has 0 atom stereocenters. The number of esters is 1. The van der Waals surface area contributed by atoms with Crippen molar-refractivity contribution in [1.82, 2.24) is 0 Å². The highest BCUT2D eigenvalue weighted by Crippen LogP contribution is 2.16. The van der Waals surface area contributed by atoms with E-state index in [0.717, 1.165) is 4.88 Å². The number of aryl methyl sites for hydroxylation is 1. The number of thiophene rings is 1. The molecule has 0 aliphatic carbocycles. The van der Waals surface area contributed by atoms with Crippen molar-refractivity contribution in [2.24, 2.45) is 0 Å². The first-order valence-corrected chi connectivity index (χ1v) is 6.88. The molecule has 1 aromatic carbocycles. The fraction of sp³-hybridized carbons (Fsp3) is 0.200. The lowest BCUT2D eigenvalue weighted by Gasteiger charge is -2.04. The van der Waals surface area contributed by atoms with Gasteiger partial charge in [-0.1, -0.05) is 12.1 Å². The van der Waals surface area contributed by atoms with Crippen LogP contribution in [0.5, 0.6) is 0 Å². The molecule has 104 valence electrons. The molecular formula is C15H14O4S. The van der Waals surface area contributed by atoms with Gasteiger partial charge in [0.25, 0.3) is 0 Å². The number of carbonyl (C=O) groups is 2. The van der Waals surface area contributed by atoms with Crippen LogP contribution in [0.25, 0.3) is 0 Å². The molecular weight excluding hydrogens is 276 g/mol. The molecule has 0 amide bonds. The van der Waals surface area contributed by atoms with Gasteiger partial charge in [-0.05, 0) is 36.8 Å². The third kappa shape index (κ3) is 3.53. The lowest BCUT2D eigenvalue weighted by atomic mass is 10.1. The van der Waals surface area contributed by atoms with Gasteiger partial charge in [0.05, 0.1) is 17.0 Å². The molecule has 1 aromatic heterocycles. The SMILES string of the molecule is Cc1ccc(C(=O)COC(=O)c2ccc(CO)cc2)s1. The summed E-state index contributed by atoms with van der Waals surface area (Å²) in [7, 11) is 0. The van der Waals surface area contributed by atoms with Gasteiger partial charge in [-0.2, -0.15) is 0 Å². The van der Waals surface area contributed by atoms with Gasteiger partial charge in [0.1, 0.15) is 0 Å². The Balaban J connectivity index is 1.92. The molecule has 2 rings (SSSR count). The highest BCUT2D eigenvalue weighted by atomic mass is 32.1. The third-order valence-corrected chi connectivity index (χ3v) is 3.76. The first-order valence-electron chi connectivity index (χ1n) is 6.06. The van der Waals surface area contributed by atoms with E-state index in [0.29, 0.717) is 16.0 Å². The minimum atomic E-state index is -0.545. The summed E-state index contributed by atoms with van der Waals surface area (Å²) >= 11 is 1.38. The molecule has 0 spiro atoms. The molecule has 4 nitrogen and oxygen atoms in total. The van der Waals surface area contributed by atoms with E-state index in [1.54, 1.807) is 30.3 Å². The number of hydrogen-bond acceptors (Lipinski definition) is 5. The van der Waals surface area contributed by atoms with E-state index in [4.69, 9.17) is 9.84 Å². The molecule has 0 fully saturated rings. The molecule has 0 aliphatic rings. The van der Waals surface area contributed by atoms with E-state index >= 15 is 0 Å². The zero-order valence-electron chi connectivity index (χ0n) is 11.0. The predicted octanol–water partition coefficient (Wildman–Crippen LogP) is 2.59. The summed E-state index contributed by atoms with van der Waals surface area (Å²) in [5.74, 6) is -0.750. The minimum absolute atomic E-state index is 0.0778. The third-order valence-electron chi connectivity index (χ3n) is 2.72. The normalized spacial score (nSPS) is 10.3. The second-order valence-electron chi connectivity index (χ2n) is 4.26. The summed E-state index contributed by atoms with van der Waals surface area (Å²) in [6.45, 7) is 1.57. The van der Waals surface area contributed by atoms with Crippen molar-refractivity contribution in [3.8, 4) is 0 Å². The molecule has 0 aliphatic heterocycles.